The van der Waals surface area contributed by atoms with Crippen LogP contribution < -0.4 is 0 Å². The van der Waals surface area contributed by atoms with E-state index < -0.39 is 22.7 Å². The van der Waals surface area contributed by atoms with E-state index in [4.69, 9.17) is 15.7 Å². The molecule has 1 rings (SSSR count). The molecule has 0 atom stereocenters. The Labute approximate surface area is 65.6 Å². The van der Waals surface area contributed by atoms with Gasteiger partial charge in [0.15, 0.2) is 0 Å². The van der Waals surface area contributed by atoms with E-state index >= 15 is 0 Å². The molecular formula is C4H4ClN3O2. The van der Waals surface area contributed by atoms with E-state index in [-0.39, 0.29) is 0 Å². The minimum absolute atomic E-state index is 0.423. The zero-order chi connectivity index (χ0) is 10.2. The molecule has 0 aliphatic rings. The Hall–Kier alpha value is -1.10. The van der Waals surface area contributed by atoms with Gasteiger partial charge in [0.25, 0.3) is 0 Å². The van der Waals surface area contributed by atoms with Gasteiger partial charge in [-0.2, -0.15) is 5.10 Å². The van der Waals surface area contributed by atoms with Crippen LogP contribution in [0, 0.1) is 10.1 Å². The number of nitrogens with zero attached hydrogens (tertiary/aromatic N) is 3. The molecule has 0 saturated carbocycles. The first-order chi connectivity index (χ1) is 5.84. The molecule has 0 fully saturated rings. The molecule has 10 heavy (non-hydrogen) atoms. The second kappa shape index (κ2) is 2.26. The van der Waals surface area contributed by atoms with Crippen LogP contribution in [0.2, 0.25) is 5.15 Å². The predicted octanol–water partition coefficient (Wildman–Crippen LogP) is 0.982. The normalized spacial score (nSPS) is 15.5. The highest BCUT2D eigenvalue weighted by atomic mass is 35.5. The van der Waals surface area contributed by atoms with Gasteiger partial charge in [-0.1, -0.05) is 11.6 Å². The lowest BCUT2D eigenvalue weighted by Crippen LogP contribution is -1.90. The molecule has 0 saturated heterocycles. The Bertz CT molecular complexity index is 347. The molecule has 0 aliphatic carbocycles. The Morgan fingerprint density at radius 2 is 2.80 bits per heavy atom. The second-order valence-corrected chi connectivity index (χ2v) is 1.85. The lowest BCUT2D eigenvalue weighted by molar-refractivity contribution is -0.384. The van der Waals surface area contributed by atoms with Gasteiger partial charge in [0.2, 0.25) is 5.15 Å². The van der Waals surface area contributed by atoms with Crippen LogP contribution in [0.1, 0.15) is 4.11 Å². The van der Waals surface area contributed by atoms with Crippen molar-refractivity contribution in [1.82, 2.24) is 9.78 Å². The molecule has 1 aromatic rings. The molecule has 1 aromatic heterocycles. The zero-order valence-electron chi connectivity index (χ0n) is 7.61. The molecule has 0 aromatic carbocycles. The van der Waals surface area contributed by atoms with Crippen molar-refractivity contribution in [3.63, 3.8) is 0 Å². The Kier molecular flexibility index (Phi) is 0.887. The number of rotatable bonds is 1. The van der Waals surface area contributed by atoms with Crippen molar-refractivity contribution in [2.24, 2.45) is 6.98 Å². The average Bonchev–Trinajstić information content (AvgIpc) is 2.28. The topological polar surface area (TPSA) is 61.0 Å². The summed E-state index contributed by atoms with van der Waals surface area (Å²) in [5.74, 6) is 0. The number of halogens is 1. The van der Waals surface area contributed by atoms with Crippen LogP contribution in [0.25, 0.3) is 0 Å². The summed E-state index contributed by atoms with van der Waals surface area (Å²) >= 11 is 5.40. The Morgan fingerprint density at radius 1 is 2.10 bits per heavy atom. The fourth-order valence-corrected chi connectivity index (χ4v) is 0.609. The standard InChI is InChI=1S/C4H4ClN3O2/c1-7-4(5)3(2-6-7)8(9)10/h2H,1H3/i1D3. The molecule has 1 heterocycles. The molecule has 0 N–H and O–H groups in total. The van der Waals surface area contributed by atoms with Gasteiger partial charge in [-0.3, -0.25) is 14.8 Å². The first-order valence-electron chi connectivity index (χ1n) is 3.72. The quantitative estimate of drug-likeness (QED) is 0.459. The molecular weight excluding hydrogens is 158 g/mol. The molecule has 0 radical (unpaired) electrons. The van der Waals surface area contributed by atoms with Gasteiger partial charge in [0, 0.05) is 11.1 Å². The smallest absolute Gasteiger partial charge is 0.258 e. The molecule has 0 spiro atoms. The Morgan fingerprint density at radius 3 is 3.10 bits per heavy atom. The maximum absolute atomic E-state index is 10.2. The first-order valence-corrected chi connectivity index (χ1v) is 2.60. The van der Waals surface area contributed by atoms with Crippen molar-refractivity contribution < 1.29 is 9.04 Å². The highest BCUT2D eigenvalue weighted by molar-refractivity contribution is 6.31. The molecule has 0 aliphatic heterocycles. The van der Waals surface area contributed by atoms with Gasteiger partial charge in [-0.05, 0) is 0 Å². The van der Waals surface area contributed by atoms with Crippen molar-refractivity contribution in [2.45, 2.75) is 0 Å². The number of nitro groups is 1. The van der Waals surface area contributed by atoms with Crippen LogP contribution in [0.3, 0.4) is 0 Å². The van der Waals surface area contributed by atoms with Crippen molar-refractivity contribution in [2.75, 3.05) is 0 Å². The second-order valence-electron chi connectivity index (χ2n) is 1.49. The maximum atomic E-state index is 10.2. The summed E-state index contributed by atoms with van der Waals surface area (Å²) in [5.41, 5.74) is -0.516. The van der Waals surface area contributed by atoms with Crippen molar-refractivity contribution in [3.8, 4) is 0 Å². The van der Waals surface area contributed by atoms with E-state index in [9.17, 15) is 10.1 Å². The molecule has 54 valence electrons. The van der Waals surface area contributed by atoms with Crippen LogP contribution in [-0.4, -0.2) is 14.7 Å². The third-order valence-electron chi connectivity index (χ3n) is 0.890. The van der Waals surface area contributed by atoms with Gasteiger partial charge in [-0.15, -0.1) is 0 Å². The predicted molar refractivity (Wildman–Crippen MR) is 34.9 cm³/mol. The van der Waals surface area contributed by atoms with Gasteiger partial charge in [0.1, 0.15) is 6.20 Å². The minimum Gasteiger partial charge on any atom is -0.258 e. The number of hydrogen-bond donors (Lipinski definition) is 0. The highest BCUT2D eigenvalue weighted by Gasteiger charge is 2.15. The first kappa shape index (κ1) is 3.92. The van der Waals surface area contributed by atoms with Crippen LogP contribution in [0.4, 0.5) is 5.69 Å². The Balaban J connectivity index is 3.22. The summed E-state index contributed by atoms with van der Waals surface area (Å²) in [6.45, 7) is -2.59. The SMILES string of the molecule is [2H]C([2H])([2H])n1ncc([N+](=O)[O-])c1Cl. The van der Waals surface area contributed by atoms with Crippen LogP contribution in [0.5, 0.6) is 0 Å². The molecule has 6 heteroatoms. The van der Waals surface area contributed by atoms with Gasteiger partial charge < -0.3 is 0 Å². The van der Waals surface area contributed by atoms with Gasteiger partial charge >= 0.3 is 5.69 Å². The van der Waals surface area contributed by atoms with Crippen molar-refractivity contribution in [1.29, 1.82) is 0 Å². The number of aryl methyl sites for hydroxylation is 1. The summed E-state index contributed by atoms with van der Waals surface area (Å²) in [5, 5.41) is 13.0. The fourth-order valence-electron chi connectivity index (χ4n) is 0.447. The van der Waals surface area contributed by atoms with E-state index in [1.54, 1.807) is 0 Å². The van der Waals surface area contributed by atoms with Crippen LogP contribution in [0.15, 0.2) is 6.20 Å². The largest absolute Gasteiger partial charge is 0.325 e. The summed E-state index contributed by atoms with van der Waals surface area (Å²) in [6.07, 6.45) is 0.800. The summed E-state index contributed by atoms with van der Waals surface area (Å²) < 4.78 is 21.1. The summed E-state index contributed by atoms with van der Waals surface area (Å²) in [4.78, 5) is 9.45. The molecule has 0 unspecified atom stereocenters. The van der Waals surface area contributed by atoms with E-state index in [1.165, 1.54) is 0 Å². The van der Waals surface area contributed by atoms with E-state index in [0.717, 1.165) is 6.20 Å². The third kappa shape index (κ3) is 0.950. The molecule has 0 amide bonds. The fraction of sp³-hybridized carbons (Fsp3) is 0.250. The van der Waals surface area contributed by atoms with Crippen molar-refractivity contribution in [3.05, 3.63) is 21.5 Å². The highest BCUT2D eigenvalue weighted by Crippen LogP contribution is 2.21. The summed E-state index contributed by atoms with van der Waals surface area (Å²) in [6, 6.07) is 0. The van der Waals surface area contributed by atoms with Crippen molar-refractivity contribution >= 4 is 17.3 Å². The number of hydrogen-bond acceptors (Lipinski definition) is 3. The van der Waals surface area contributed by atoms with E-state index in [1.807, 2.05) is 0 Å². The van der Waals surface area contributed by atoms with E-state index in [2.05, 4.69) is 5.10 Å². The number of aromatic nitrogens is 2. The minimum atomic E-state index is -2.59. The lowest BCUT2D eigenvalue weighted by atomic mass is 10.6. The molecule has 0 bridgehead atoms. The van der Waals surface area contributed by atoms with Gasteiger partial charge in [-0.25, -0.2) is 0 Å². The van der Waals surface area contributed by atoms with Crippen LogP contribution in [-0.2, 0) is 6.98 Å². The summed E-state index contributed by atoms with van der Waals surface area (Å²) in [7, 11) is 0. The van der Waals surface area contributed by atoms with Gasteiger partial charge in [0.05, 0.1) is 4.92 Å². The molecule has 5 nitrogen and oxygen atoms in total. The zero-order valence-corrected chi connectivity index (χ0v) is 5.37. The average molecular weight is 165 g/mol. The van der Waals surface area contributed by atoms with Crippen LogP contribution >= 0.6 is 11.6 Å². The maximum Gasteiger partial charge on any atom is 0.325 e. The lowest BCUT2D eigenvalue weighted by Gasteiger charge is -1.87. The third-order valence-corrected chi connectivity index (χ3v) is 1.24. The van der Waals surface area contributed by atoms with E-state index in [0.29, 0.717) is 4.68 Å². The monoisotopic (exact) mass is 164 g/mol.